The third kappa shape index (κ3) is 2.98. The lowest BCUT2D eigenvalue weighted by molar-refractivity contribution is 0.0703. The van der Waals surface area contributed by atoms with Crippen molar-refractivity contribution < 1.29 is 4.79 Å². The second-order valence-corrected chi connectivity index (χ2v) is 5.82. The number of aryl methyl sites for hydroxylation is 1. The summed E-state index contributed by atoms with van der Waals surface area (Å²) in [4.78, 5) is 19.1. The Balaban J connectivity index is 1.81. The van der Waals surface area contributed by atoms with Crippen LogP contribution in [0.4, 0.5) is 0 Å². The van der Waals surface area contributed by atoms with Crippen LogP contribution in [0.25, 0.3) is 0 Å². The molecule has 2 heterocycles. The van der Waals surface area contributed by atoms with Gasteiger partial charge in [-0.1, -0.05) is 12.1 Å². The zero-order chi connectivity index (χ0) is 16.2. The fourth-order valence-electron chi connectivity index (χ4n) is 3.26. The van der Waals surface area contributed by atoms with Crippen LogP contribution in [0.1, 0.15) is 47.4 Å². The highest BCUT2D eigenvalue weighted by molar-refractivity contribution is 5.96. The van der Waals surface area contributed by atoms with Crippen molar-refractivity contribution in [3.63, 3.8) is 0 Å². The Morgan fingerprint density at radius 3 is 3.04 bits per heavy atom. The average Bonchev–Trinajstić information content (AvgIpc) is 3.10. The molecule has 1 unspecified atom stereocenters. The Bertz CT molecular complexity index is 743. The molecule has 23 heavy (non-hydrogen) atoms. The Labute approximate surface area is 136 Å². The maximum absolute atomic E-state index is 12.8. The number of carbonyl (C=O) groups is 1. The molecule has 0 saturated carbocycles. The quantitative estimate of drug-likeness (QED) is 0.876. The topological polar surface area (TPSA) is 61.9 Å². The van der Waals surface area contributed by atoms with Gasteiger partial charge in [0.2, 0.25) is 0 Å². The molecule has 5 nitrogen and oxygen atoms in total. The summed E-state index contributed by atoms with van der Waals surface area (Å²) in [6.45, 7) is 4.38. The van der Waals surface area contributed by atoms with E-state index in [1.54, 1.807) is 24.3 Å². The molecule has 0 spiro atoms. The SMILES string of the molecule is CCn1ccnc1C1CCCN(C(=O)c2ccccc2C#N)C1. The van der Waals surface area contributed by atoms with Gasteiger partial charge in [0.25, 0.3) is 5.91 Å². The predicted octanol–water partition coefficient (Wildman–Crippen LogP) is 2.79. The lowest BCUT2D eigenvalue weighted by Crippen LogP contribution is -2.40. The summed E-state index contributed by atoms with van der Waals surface area (Å²) < 4.78 is 2.14. The van der Waals surface area contributed by atoms with Crippen molar-refractivity contribution in [2.24, 2.45) is 0 Å². The molecular formula is C18H20N4O. The van der Waals surface area contributed by atoms with E-state index in [0.717, 1.165) is 31.8 Å². The van der Waals surface area contributed by atoms with Crippen LogP contribution in [0.5, 0.6) is 0 Å². The number of benzene rings is 1. The molecule has 118 valence electrons. The molecule has 1 aliphatic heterocycles. The van der Waals surface area contributed by atoms with E-state index in [4.69, 9.17) is 0 Å². The van der Waals surface area contributed by atoms with Crippen molar-refractivity contribution in [2.45, 2.75) is 32.2 Å². The molecular weight excluding hydrogens is 288 g/mol. The van der Waals surface area contributed by atoms with E-state index in [0.29, 0.717) is 17.7 Å². The van der Waals surface area contributed by atoms with E-state index in [-0.39, 0.29) is 11.8 Å². The highest BCUT2D eigenvalue weighted by Crippen LogP contribution is 2.27. The molecule has 1 amide bonds. The number of nitriles is 1. The zero-order valence-corrected chi connectivity index (χ0v) is 13.3. The van der Waals surface area contributed by atoms with Crippen molar-refractivity contribution in [2.75, 3.05) is 13.1 Å². The highest BCUT2D eigenvalue weighted by atomic mass is 16.2. The lowest BCUT2D eigenvalue weighted by atomic mass is 9.96. The molecule has 1 aromatic heterocycles. The van der Waals surface area contributed by atoms with Crippen molar-refractivity contribution in [3.05, 3.63) is 53.6 Å². The molecule has 0 bridgehead atoms. The minimum atomic E-state index is -0.0542. The van der Waals surface area contributed by atoms with Crippen molar-refractivity contribution in [1.82, 2.24) is 14.5 Å². The first-order valence-corrected chi connectivity index (χ1v) is 8.04. The molecule has 5 heteroatoms. The number of rotatable bonds is 3. The number of nitrogens with zero attached hydrogens (tertiary/aromatic N) is 4. The number of amides is 1. The number of likely N-dealkylation sites (tertiary alicyclic amines) is 1. The number of imidazole rings is 1. The fraction of sp³-hybridized carbons (Fsp3) is 0.389. The van der Waals surface area contributed by atoms with Crippen LogP contribution >= 0.6 is 0 Å². The van der Waals surface area contributed by atoms with Gasteiger partial charge in [-0.15, -0.1) is 0 Å². The van der Waals surface area contributed by atoms with Gasteiger partial charge in [0, 0.05) is 37.9 Å². The monoisotopic (exact) mass is 308 g/mol. The second-order valence-electron chi connectivity index (χ2n) is 5.82. The molecule has 0 radical (unpaired) electrons. The predicted molar refractivity (Wildman–Crippen MR) is 86.9 cm³/mol. The van der Waals surface area contributed by atoms with E-state index in [1.165, 1.54) is 0 Å². The van der Waals surface area contributed by atoms with Gasteiger partial charge < -0.3 is 9.47 Å². The van der Waals surface area contributed by atoms with Gasteiger partial charge in [0.1, 0.15) is 5.82 Å². The Morgan fingerprint density at radius 2 is 2.26 bits per heavy atom. The van der Waals surface area contributed by atoms with Crippen molar-refractivity contribution >= 4 is 5.91 Å². The largest absolute Gasteiger partial charge is 0.338 e. The third-order valence-corrected chi connectivity index (χ3v) is 4.44. The molecule has 1 aliphatic rings. The summed E-state index contributed by atoms with van der Waals surface area (Å²) in [6, 6.07) is 9.12. The van der Waals surface area contributed by atoms with Crippen LogP contribution in [0, 0.1) is 11.3 Å². The Kier molecular flexibility index (Phi) is 4.42. The summed E-state index contributed by atoms with van der Waals surface area (Å²) in [7, 11) is 0. The van der Waals surface area contributed by atoms with E-state index in [9.17, 15) is 10.1 Å². The maximum Gasteiger partial charge on any atom is 0.255 e. The lowest BCUT2D eigenvalue weighted by Gasteiger charge is -2.33. The van der Waals surface area contributed by atoms with Crippen molar-refractivity contribution in [1.29, 1.82) is 5.26 Å². The summed E-state index contributed by atoms with van der Waals surface area (Å²) >= 11 is 0. The number of hydrogen-bond acceptors (Lipinski definition) is 3. The number of hydrogen-bond donors (Lipinski definition) is 0. The molecule has 3 rings (SSSR count). The first-order chi connectivity index (χ1) is 11.2. The fourth-order valence-corrected chi connectivity index (χ4v) is 3.26. The number of aromatic nitrogens is 2. The molecule has 1 atom stereocenters. The van der Waals surface area contributed by atoms with E-state index >= 15 is 0 Å². The zero-order valence-electron chi connectivity index (χ0n) is 13.3. The summed E-state index contributed by atoms with van der Waals surface area (Å²) in [5.41, 5.74) is 0.934. The van der Waals surface area contributed by atoms with Crippen LogP contribution in [0.2, 0.25) is 0 Å². The Morgan fingerprint density at radius 1 is 1.43 bits per heavy atom. The van der Waals surface area contributed by atoms with Gasteiger partial charge in [0.05, 0.1) is 17.2 Å². The van der Waals surface area contributed by atoms with Gasteiger partial charge in [0.15, 0.2) is 0 Å². The molecule has 2 aromatic rings. The van der Waals surface area contributed by atoms with Crippen LogP contribution < -0.4 is 0 Å². The minimum absolute atomic E-state index is 0.0542. The summed E-state index contributed by atoms with van der Waals surface area (Å²) in [6.07, 6.45) is 5.81. The smallest absolute Gasteiger partial charge is 0.255 e. The summed E-state index contributed by atoms with van der Waals surface area (Å²) in [5.74, 6) is 1.26. The standard InChI is InChI=1S/C18H20N4O/c1-2-21-11-9-20-17(21)15-7-5-10-22(13-15)18(23)16-8-4-3-6-14(16)12-19/h3-4,6,8-9,11,15H,2,5,7,10,13H2,1H3. The van der Waals surface area contributed by atoms with E-state index < -0.39 is 0 Å². The molecule has 1 aromatic carbocycles. The van der Waals surface area contributed by atoms with Crippen molar-refractivity contribution in [3.8, 4) is 6.07 Å². The average molecular weight is 308 g/mol. The normalized spacial score (nSPS) is 17.7. The summed E-state index contributed by atoms with van der Waals surface area (Å²) in [5, 5.41) is 9.20. The van der Waals surface area contributed by atoms with Crippen LogP contribution in [0.3, 0.4) is 0 Å². The first kappa shape index (κ1) is 15.3. The minimum Gasteiger partial charge on any atom is -0.338 e. The van der Waals surface area contributed by atoms with Gasteiger partial charge in [-0.3, -0.25) is 4.79 Å². The molecule has 0 aliphatic carbocycles. The molecule has 1 saturated heterocycles. The van der Waals surface area contributed by atoms with Crippen LogP contribution in [0.15, 0.2) is 36.7 Å². The number of carbonyl (C=O) groups excluding carboxylic acids is 1. The maximum atomic E-state index is 12.8. The Hall–Kier alpha value is -2.61. The first-order valence-electron chi connectivity index (χ1n) is 8.04. The van der Waals surface area contributed by atoms with Crippen LogP contribution in [-0.4, -0.2) is 33.4 Å². The van der Waals surface area contributed by atoms with Crippen LogP contribution in [-0.2, 0) is 6.54 Å². The third-order valence-electron chi connectivity index (χ3n) is 4.44. The highest BCUT2D eigenvalue weighted by Gasteiger charge is 2.28. The van der Waals surface area contributed by atoms with Gasteiger partial charge in [-0.05, 0) is 31.9 Å². The number of piperidine rings is 1. The van der Waals surface area contributed by atoms with Gasteiger partial charge in [-0.2, -0.15) is 5.26 Å². The molecule has 1 fully saturated rings. The second kappa shape index (κ2) is 6.66. The van der Waals surface area contributed by atoms with E-state index in [2.05, 4.69) is 22.5 Å². The van der Waals surface area contributed by atoms with E-state index in [1.807, 2.05) is 17.3 Å². The van der Waals surface area contributed by atoms with Gasteiger partial charge in [-0.25, -0.2) is 4.98 Å². The van der Waals surface area contributed by atoms with Gasteiger partial charge >= 0.3 is 0 Å². The molecule has 0 N–H and O–H groups in total.